The number of rotatable bonds is 9. The van der Waals surface area contributed by atoms with Crippen molar-refractivity contribution in [3.05, 3.63) is 58.4 Å². The molecule has 3 N–H and O–H groups in total. The van der Waals surface area contributed by atoms with Crippen molar-refractivity contribution in [2.45, 2.75) is 34.9 Å². The molecule has 2 unspecified atom stereocenters. The minimum absolute atomic E-state index is 0.0378. The zero-order valence-electron chi connectivity index (χ0n) is 17.0. The molecule has 10 heteroatoms. The Morgan fingerprint density at radius 2 is 2.03 bits per heavy atom. The molecule has 1 aliphatic carbocycles. The average Bonchev–Trinajstić information content (AvgIpc) is 2.74. The Kier molecular flexibility index (Phi) is 8.45. The maximum absolute atomic E-state index is 12.9. The van der Waals surface area contributed by atoms with E-state index in [0.29, 0.717) is 17.6 Å². The van der Waals surface area contributed by atoms with Crippen LogP contribution in [0.5, 0.6) is 0 Å². The molecule has 2 atom stereocenters. The van der Waals surface area contributed by atoms with Gasteiger partial charge in [-0.05, 0) is 0 Å². The van der Waals surface area contributed by atoms with Crippen LogP contribution in [0, 0.1) is 0 Å². The van der Waals surface area contributed by atoms with E-state index in [1.165, 1.54) is 6.08 Å². The molecule has 0 bridgehead atoms. The van der Waals surface area contributed by atoms with Crippen molar-refractivity contribution < 1.29 is 13.2 Å². The Morgan fingerprint density at radius 1 is 1.29 bits per heavy atom. The molecule has 0 spiro atoms. The summed E-state index contributed by atoms with van der Waals surface area (Å²) in [5.41, 5.74) is -0.803. The van der Waals surface area contributed by atoms with Crippen molar-refractivity contribution in [1.82, 2.24) is 15.5 Å². The van der Waals surface area contributed by atoms with E-state index >= 15 is 0 Å². The number of halogens is 4. The molecule has 0 amide bonds. The van der Waals surface area contributed by atoms with Gasteiger partial charge in [-0.2, -0.15) is 0 Å². The number of nitrogens with one attached hydrogen (secondary N) is 3. The second-order valence-corrected chi connectivity index (χ2v) is 14.8. The van der Waals surface area contributed by atoms with Gasteiger partial charge in [0.1, 0.15) is 0 Å². The van der Waals surface area contributed by atoms with Crippen LogP contribution in [0.4, 0.5) is 19.0 Å². The molecule has 0 saturated carbocycles. The number of hydrogen-bond acceptors (Lipinski definition) is 5. The predicted molar refractivity (Wildman–Crippen MR) is 132 cm³/mol. The van der Waals surface area contributed by atoms with Gasteiger partial charge in [-0.25, -0.2) is 0 Å². The molecule has 170 valence electrons. The predicted octanol–water partition coefficient (Wildman–Crippen LogP) is 4.87. The molecule has 0 fully saturated rings. The number of alkyl halides is 6. The molecule has 0 saturated heterocycles. The summed E-state index contributed by atoms with van der Waals surface area (Å²) in [6.45, 7) is 0.725. The van der Waals surface area contributed by atoms with Gasteiger partial charge in [0, 0.05) is 0 Å². The molecule has 1 heterocycles. The standard InChI is InChI=1S/C21H26F3IN4OS/c1-25(20(31)27-15-8-6-7-14(13-15)21(22,23)24)11-4-5-12-26-18-16-9-2-3-10-17(16)19(30)29-28-18/h2-3,6-7,9-10,13,15,20,27,31H,4-5,8,11-12H2,1H3,(H,26,28)(H,29,30). The number of allylic oxidation sites excluding steroid dienone is 2. The summed E-state index contributed by atoms with van der Waals surface area (Å²) in [4.78, 5) is 14.0. The molecular formula is C21H26F3IN4OS. The molecule has 1 aromatic carbocycles. The van der Waals surface area contributed by atoms with E-state index in [1.54, 1.807) is 12.1 Å². The van der Waals surface area contributed by atoms with Gasteiger partial charge in [0.2, 0.25) is 0 Å². The minimum atomic E-state index is -4.31. The van der Waals surface area contributed by atoms with Gasteiger partial charge in [0.05, 0.1) is 0 Å². The van der Waals surface area contributed by atoms with Gasteiger partial charge < -0.3 is 0 Å². The first-order valence-electron chi connectivity index (χ1n) is 9.91. The summed E-state index contributed by atoms with van der Waals surface area (Å²) in [5, 5.41) is 14.6. The monoisotopic (exact) mass is 566 g/mol. The van der Waals surface area contributed by atoms with Crippen LogP contribution in [0.2, 0.25) is 0 Å². The van der Waals surface area contributed by atoms with E-state index in [4.69, 9.17) is 0 Å². The van der Waals surface area contributed by atoms with Crippen LogP contribution in [0.3, 0.4) is 0 Å². The van der Waals surface area contributed by atoms with Gasteiger partial charge in [-0.15, -0.1) is 0 Å². The van der Waals surface area contributed by atoms with Crippen LogP contribution in [0.15, 0.2) is 52.9 Å². The van der Waals surface area contributed by atoms with Crippen molar-refractivity contribution in [3.8, 4) is 0 Å². The van der Waals surface area contributed by atoms with E-state index in [0.717, 1.165) is 35.3 Å². The number of unbranched alkanes of at least 4 members (excludes halogenated alkanes) is 1. The molecule has 1 aromatic heterocycles. The molecule has 0 radical (unpaired) electrons. The molecule has 3 rings (SSSR count). The number of nitrogens with zero attached hydrogens (tertiary/aromatic N) is 1. The molecular weight excluding hydrogens is 540 g/mol. The Labute approximate surface area is 191 Å². The fraction of sp³-hybridized carbons (Fsp3) is 0.429. The summed E-state index contributed by atoms with van der Waals surface area (Å²) in [6, 6.07) is 7.00. The van der Waals surface area contributed by atoms with E-state index in [-0.39, 0.29) is 15.0 Å². The van der Waals surface area contributed by atoms with Crippen molar-refractivity contribution in [1.29, 1.82) is 0 Å². The van der Waals surface area contributed by atoms with Crippen LogP contribution in [-0.4, -0.2) is 41.7 Å². The molecule has 31 heavy (non-hydrogen) atoms. The van der Waals surface area contributed by atoms with Crippen LogP contribution < -0.4 is 16.2 Å². The van der Waals surface area contributed by atoms with Gasteiger partial charge >= 0.3 is 192 Å². The normalized spacial score (nSPS) is 18.0. The second kappa shape index (κ2) is 10.9. The number of anilines is 1. The Hall–Kier alpha value is -1.53. The Morgan fingerprint density at radius 3 is 2.77 bits per heavy atom. The SMILES string of the molecule is CI(CCCCNc1n[nH]c(=O)c2ccccc12)C(S)NC1C=C(C(F)(F)F)C=CC1. The summed E-state index contributed by atoms with van der Waals surface area (Å²) < 4.78 is 39.7. The zero-order valence-corrected chi connectivity index (χ0v) is 20.1. The van der Waals surface area contributed by atoms with E-state index in [1.807, 2.05) is 18.2 Å². The number of aromatic amines is 1. The van der Waals surface area contributed by atoms with Crippen molar-refractivity contribution in [2.75, 3.05) is 21.2 Å². The Bertz CT molecular complexity index is 1010. The average molecular weight is 566 g/mol. The summed E-state index contributed by atoms with van der Waals surface area (Å²) in [5.74, 6) is 0.661. The van der Waals surface area contributed by atoms with Crippen LogP contribution in [0.25, 0.3) is 10.8 Å². The third kappa shape index (κ3) is 6.72. The molecule has 5 nitrogen and oxygen atoms in total. The summed E-state index contributed by atoms with van der Waals surface area (Å²) in [6.07, 6.45) is 2.14. The van der Waals surface area contributed by atoms with Crippen molar-refractivity contribution in [2.24, 2.45) is 0 Å². The van der Waals surface area contributed by atoms with Crippen LogP contribution in [0.1, 0.15) is 19.3 Å². The third-order valence-electron chi connectivity index (χ3n) is 4.95. The van der Waals surface area contributed by atoms with Gasteiger partial charge in [0.25, 0.3) is 0 Å². The first-order chi connectivity index (χ1) is 14.8. The first kappa shape index (κ1) is 24.1. The van der Waals surface area contributed by atoms with Crippen molar-refractivity contribution in [3.63, 3.8) is 0 Å². The number of thiol groups is 1. The van der Waals surface area contributed by atoms with Crippen molar-refractivity contribution >= 4 is 49.0 Å². The second-order valence-electron chi connectivity index (χ2n) is 7.28. The third-order valence-corrected chi connectivity index (χ3v) is 12.2. The summed E-state index contributed by atoms with van der Waals surface area (Å²) >= 11 is 3.18. The van der Waals surface area contributed by atoms with E-state index in [9.17, 15) is 18.0 Å². The first-order valence-corrected chi connectivity index (χ1v) is 15.4. The fourth-order valence-electron chi connectivity index (χ4n) is 3.26. The van der Waals surface area contributed by atoms with E-state index < -0.39 is 31.6 Å². The van der Waals surface area contributed by atoms with Crippen LogP contribution >= 0.6 is 32.4 Å². The topological polar surface area (TPSA) is 69.8 Å². The zero-order chi connectivity index (χ0) is 22.4. The molecule has 0 aliphatic heterocycles. The van der Waals surface area contributed by atoms with Gasteiger partial charge in [-0.1, -0.05) is 0 Å². The number of aromatic nitrogens is 2. The van der Waals surface area contributed by atoms with Crippen LogP contribution in [-0.2, 0) is 0 Å². The van der Waals surface area contributed by atoms with Gasteiger partial charge in [-0.3, -0.25) is 0 Å². The Balaban J connectivity index is 1.42. The molecule has 2 aromatic rings. The number of H-pyrrole nitrogens is 1. The van der Waals surface area contributed by atoms with Gasteiger partial charge in [0.15, 0.2) is 0 Å². The fourth-order valence-corrected chi connectivity index (χ4v) is 7.52. The number of fused-ring (bicyclic) bond motifs is 1. The number of benzene rings is 1. The maximum atomic E-state index is 12.9. The quantitative estimate of drug-likeness (QED) is 0.0874. The van der Waals surface area contributed by atoms with E-state index in [2.05, 4.69) is 38.4 Å². The number of hydrogen-bond donors (Lipinski definition) is 4. The molecule has 1 aliphatic rings. The summed E-state index contributed by atoms with van der Waals surface area (Å²) in [7, 11) is 0.